The SMILES string of the molecule is O=C1CC(=O)N(c2c(F)cc(F)cc2Br)C(=O)N1. The van der Waals surface area contributed by atoms with Crippen LogP contribution in [0.4, 0.5) is 19.3 Å². The van der Waals surface area contributed by atoms with Gasteiger partial charge in [-0.05, 0) is 22.0 Å². The average Bonchev–Trinajstić information content (AvgIpc) is 2.20. The van der Waals surface area contributed by atoms with Crippen molar-refractivity contribution in [1.82, 2.24) is 5.32 Å². The third kappa shape index (κ3) is 2.10. The number of amides is 4. The second-order valence-corrected chi connectivity index (χ2v) is 4.33. The summed E-state index contributed by atoms with van der Waals surface area (Å²) in [7, 11) is 0. The third-order valence-corrected chi connectivity index (χ3v) is 2.82. The number of urea groups is 1. The molecule has 1 aliphatic rings. The number of nitrogens with one attached hydrogen (secondary N) is 1. The summed E-state index contributed by atoms with van der Waals surface area (Å²) in [6.45, 7) is 0. The highest BCUT2D eigenvalue weighted by atomic mass is 79.9. The van der Waals surface area contributed by atoms with Crippen LogP contribution in [0.2, 0.25) is 0 Å². The van der Waals surface area contributed by atoms with Crippen LogP contribution in [0, 0.1) is 11.6 Å². The molecule has 0 bridgehead atoms. The molecule has 94 valence electrons. The molecule has 1 aliphatic heterocycles. The van der Waals surface area contributed by atoms with Crippen molar-refractivity contribution in [3.8, 4) is 0 Å². The third-order valence-electron chi connectivity index (χ3n) is 2.22. The Bertz CT molecular complexity index is 533. The molecule has 1 saturated heterocycles. The molecule has 4 amide bonds. The molecule has 1 N–H and O–H groups in total. The molecule has 5 nitrogen and oxygen atoms in total. The molecule has 0 aliphatic carbocycles. The minimum absolute atomic E-state index is 0.0992. The molecule has 8 heteroatoms. The van der Waals surface area contributed by atoms with Crippen LogP contribution in [-0.4, -0.2) is 17.8 Å². The van der Waals surface area contributed by atoms with Gasteiger partial charge < -0.3 is 0 Å². The van der Waals surface area contributed by atoms with E-state index in [2.05, 4.69) is 15.9 Å². The fraction of sp³-hybridized carbons (Fsp3) is 0.100. The number of anilines is 1. The van der Waals surface area contributed by atoms with Gasteiger partial charge in [-0.1, -0.05) is 0 Å². The van der Waals surface area contributed by atoms with Gasteiger partial charge in [-0.3, -0.25) is 14.9 Å². The summed E-state index contributed by atoms with van der Waals surface area (Å²) in [5, 5.41) is 1.87. The predicted molar refractivity (Wildman–Crippen MR) is 59.7 cm³/mol. The van der Waals surface area contributed by atoms with Gasteiger partial charge in [-0.25, -0.2) is 18.5 Å². The van der Waals surface area contributed by atoms with E-state index in [1.165, 1.54) is 0 Å². The summed E-state index contributed by atoms with van der Waals surface area (Å²) in [6, 6.07) is 0.384. The Morgan fingerprint density at radius 1 is 1.22 bits per heavy atom. The first-order valence-corrected chi connectivity index (χ1v) is 5.50. The molecule has 0 unspecified atom stereocenters. The molecular weight excluding hydrogens is 314 g/mol. The summed E-state index contributed by atoms with van der Waals surface area (Å²) in [5.74, 6) is -3.58. The molecule has 0 saturated carbocycles. The fourth-order valence-electron chi connectivity index (χ4n) is 1.52. The number of benzene rings is 1. The van der Waals surface area contributed by atoms with Crippen LogP contribution in [0.3, 0.4) is 0 Å². The summed E-state index contributed by atoms with van der Waals surface area (Å²) in [4.78, 5) is 34.5. The van der Waals surface area contributed by atoms with Gasteiger partial charge >= 0.3 is 6.03 Å². The van der Waals surface area contributed by atoms with Gasteiger partial charge in [0.05, 0.1) is 0 Å². The topological polar surface area (TPSA) is 66.5 Å². The number of carbonyl (C=O) groups excluding carboxylic acids is 3. The maximum atomic E-state index is 13.6. The lowest BCUT2D eigenvalue weighted by Gasteiger charge is -2.25. The summed E-state index contributed by atoms with van der Waals surface area (Å²) in [6.07, 6.45) is -0.574. The van der Waals surface area contributed by atoms with Gasteiger partial charge in [0.25, 0.3) is 0 Å². The highest BCUT2D eigenvalue weighted by molar-refractivity contribution is 9.10. The van der Waals surface area contributed by atoms with Crippen LogP contribution in [0.15, 0.2) is 16.6 Å². The van der Waals surface area contributed by atoms with Crippen molar-refractivity contribution in [2.45, 2.75) is 6.42 Å². The van der Waals surface area contributed by atoms with E-state index in [1.807, 2.05) is 5.32 Å². The largest absolute Gasteiger partial charge is 0.335 e. The molecule has 1 aromatic carbocycles. The van der Waals surface area contributed by atoms with E-state index in [4.69, 9.17) is 0 Å². The Kier molecular flexibility index (Phi) is 3.12. The van der Waals surface area contributed by atoms with Crippen molar-refractivity contribution in [3.63, 3.8) is 0 Å². The smallest absolute Gasteiger partial charge is 0.277 e. The first-order valence-electron chi connectivity index (χ1n) is 4.71. The van der Waals surface area contributed by atoms with Gasteiger partial charge in [-0.2, -0.15) is 0 Å². The molecule has 2 rings (SSSR count). The average molecular weight is 319 g/mol. The number of nitrogens with zero attached hydrogens (tertiary/aromatic N) is 1. The Morgan fingerprint density at radius 2 is 1.89 bits per heavy atom. The molecule has 0 aromatic heterocycles. The van der Waals surface area contributed by atoms with Crippen molar-refractivity contribution in [2.75, 3.05) is 4.90 Å². The minimum atomic E-state index is -1.08. The second-order valence-electron chi connectivity index (χ2n) is 3.48. The van der Waals surface area contributed by atoms with E-state index in [1.54, 1.807) is 0 Å². The highest BCUT2D eigenvalue weighted by Gasteiger charge is 2.35. The van der Waals surface area contributed by atoms with Crippen LogP contribution >= 0.6 is 15.9 Å². The van der Waals surface area contributed by atoms with E-state index in [9.17, 15) is 23.2 Å². The zero-order valence-electron chi connectivity index (χ0n) is 8.67. The van der Waals surface area contributed by atoms with Gasteiger partial charge in [-0.15, -0.1) is 0 Å². The first-order chi connectivity index (χ1) is 8.40. The first kappa shape index (κ1) is 12.6. The van der Waals surface area contributed by atoms with Crippen molar-refractivity contribution in [1.29, 1.82) is 0 Å². The van der Waals surface area contributed by atoms with E-state index in [0.29, 0.717) is 11.0 Å². The van der Waals surface area contributed by atoms with Gasteiger partial charge in [0.1, 0.15) is 17.9 Å². The lowest BCUT2D eigenvalue weighted by Crippen LogP contribution is -2.53. The zero-order valence-corrected chi connectivity index (χ0v) is 10.3. The van der Waals surface area contributed by atoms with Crippen molar-refractivity contribution in [2.24, 2.45) is 0 Å². The van der Waals surface area contributed by atoms with E-state index in [-0.39, 0.29) is 4.47 Å². The molecular formula is C10H5BrF2N2O3. The molecule has 18 heavy (non-hydrogen) atoms. The minimum Gasteiger partial charge on any atom is -0.277 e. The molecule has 0 atom stereocenters. The number of hydrogen-bond acceptors (Lipinski definition) is 3. The summed E-state index contributed by atoms with van der Waals surface area (Å²) >= 11 is 2.86. The maximum absolute atomic E-state index is 13.6. The zero-order chi connectivity index (χ0) is 13.4. The van der Waals surface area contributed by atoms with E-state index >= 15 is 0 Å². The lowest BCUT2D eigenvalue weighted by molar-refractivity contribution is -0.128. The quantitative estimate of drug-likeness (QED) is 0.801. The van der Waals surface area contributed by atoms with Crippen LogP contribution in [0.1, 0.15) is 6.42 Å². The molecule has 0 spiro atoms. The molecule has 1 aromatic rings. The number of halogens is 3. The van der Waals surface area contributed by atoms with Crippen molar-refractivity contribution in [3.05, 3.63) is 28.2 Å². The van der Waals surface area contributed by atoms with E-state index < -0.39 is 41.6 Å². The number of hydrogen-bond donors (Lipinski definition) is 1. The number of rotatable bonds is 1. The normalized spacial score (nSPS) is 15.9. The molecule has 0 radical (unpaired) electrons. The summed E-state index contributed by atoms with van der Waals surface area (Å²) in [5.41, 5.74) is -0.425. The monoisotopic (exact) mass is 318 g/mol. The Hall–Kier alpha value is -1.83. The lowest BCUT2D eigenvalue weighted by atomic mass is 10.2. The van der Waals surface area contributed by atoms with Gasteiger partial charge in [0.2, 0.25) is 11.8 Å². The second kappa shape index (κ2) is 4.45. The number of carbonyl (C=O) groups is 3. The molecule has 1 fully saturated rings. The van der Waals surface area contributed by atoms with Crippen LogP contribution in [-0.2, 0) is 9.59 Å². The molecule has 1 heterocycles. The van der Waals surface area contributed by atoms with Crippen LogP contribution in [0.25, 0.3) is 0 Å². The van der Waals surface area contributed by atoms with Gasteiger partial charge in [0.15, 0.2) is 5.82 Å². The Morgan fingerprint density at radius 3 is 2.44 bits per heavy atom. The van der Waals surface area contributed by atoms with Crippen LogP contribution < -0.4 is 10.2 Å². The predicted octanol–water partition coefficient (Wildman–Crippen LogP) is 1.70. The van der Waals surface area contributed by atoms with Crippen molar-refractivity contribution < 1.29 is 23.2 Å². The van der Waals surface area contributed by atoms with Gasteiger partial charge in [0, 0.05) is 10.5 Å². The maximum Gasteiger partial charge on any atom is 0.335 e. The number of barbiturate groups is 1. The fourth-order valence-corrected chi connectivity index (χ4v) is 2.11. The summed E-state index contributed by atoms with van der Waals surface area (Å²) < 4.78 is 26.4. The Labute approximate surface area is 108 Å². The van der Waals surface area contributed by atoms with Crippen molar-refractivity contribution >= 4 is 39.5 Å². The van der Waals surface area contributed by atoms with Crippen LogP contribution in [0.5, 0.6) is 0 Å². The standard InChI is InChI=1S/C10H5BrF2N2O3/c11-5-1-4(12)2-6(13)9(5)15-8(17)3-7(16)14-10(15)18/h1-2H,3H2,(H,14,16,18). The highest BCUT2D eigenvalue weighted by Crippen LogP contribution is 2.31. The number of imide groups is 2. The Balaban J connectivity index is 2.52. The van der Waals surface area contributed by atoms with E-state index in [0.717, 1.165) is 6.07 Å².